The fourth-order valence-electron chi connectivity index (χ4n) is 2.42. The zero-order valence-corrected chi connectivity index (χ0v) is 9.63. The molecular formula is C12H18N4. The smallest absolute Gasteiger partial charge is 0.0672 e. The average molecular weight is 218 g/mol. The van der Waals surface area contributed by atoms with Gasteiger partial charge in [-0.2, -0.15) is 10.4 Å². The van der Waals surface area contributed by atoms with E-state index < -0.39 is 0 Å². The maximum Gasteiger partial charge on any atom is 0.0672 e. The molecule has 0 amide bonds. The normalized spacial score (nSPS) is 26.5. The number of aromatic nitrogens is 2. The van der Waals surface area contributed by atoms with E-state index in [1.54, 1.807) is 6.20 Å². The Morgan fingerprint density at radius 3 is 3.19 bits per heavy atom. The monoisotopic (exact) mass is 218 g/mol. The van der Waals surface area contributed by atoms with Gasteiger partial charge >= 0.3 is 0 Å². The summed E-state index contributed by atoms with van der Waals surface area (Å²) in [7, 11) is 0. The third-order valence-electron chi connectivity index (χ3n) is 3.20. The number of nitrogens with zero attached hydrogens (tertiary/aromatic N) is 3. The highest BCUT2D eigenvalue weighted by atomic mass is 15.3. The van der Waals surface area contributed by atoms with Crippen molar-refractivity contribution >= 4 is 0 Å². The Balaban J connectivity index is 1.83. The third kappa shape index (κ3) is 2.61. The number of nitrogens with one attached hydrogen (secondary N) is 1. The molecule has 1 N–H and O–H groups in total. The molecule has 1 aromatic heterocycles. The molecule has 4 heteroatoms. The van der Waals surface area contributed by atoms with Gasteiger partial charge in [-0.3, -0.25) is 4.68 Å². The minimum absolute atomic E-state index is 0.195. The highest BCUT2D eigenvalue weighted by molar-refractivity contribution is 4.97. The molecule has 0 aromatic carbocycles. The van der Waals surface area contributed by atoms with E-state index in [1.807, 2.05) is 16.9 Å². The van der Waals surface area contributed by atoms with Crippen molar-refractivity contribution in [1.82, 2.24) is 15.1 Å². The Kier molecular flexibility index (Phi) is 3.58. The van der Waals surface area contributed by atoms with Crippen LogP contribution in [0.4, 0.5) is 0 Å². The van der Waals surface area contributed by atoms with Crippen LogP contribution in [0.1, 0.15) is 26.2 Å². The highest BCUT2D eigenvalue weighted by Gasteiger charge is 2.27. The second-order valence-electron chi connectivity index (χ2n) is 4.57. The molecule has 4 nitrogen and oxygen atoms in total. The van der Waals surface area contributed by atoms with Crippen LogP contribution in [0.3, 0.4) is 0 Å². The molecule has 1 aliphatic carbocycles. The van der Waals surface area contributed by atoms with Crippen molar-refractivity contribution in [3.8, 4) is 6.07 Å². The van der Waals surface area contributed by atoms with Gasteiger partial charge in [-0.15, -0.1) is 0 Å². The van der Waals surface area contributed by atoms with Crippen molar-refractivity contribution < 1.29 is 0 Å². The second-order valence-corrected chi connectivity index (χ2v) is 4.57. The average Bonchev–Trinajstić information content (AvgIpc) is 2.88. The van der Waals surface area contributed by atoms with Crippen molar-refractivity contribution in [1.29, 1.82) is 5.26 Å². The molecule has 3 unspecified atom stereocenters. The van der Waals surface area contributed by atoms with E-state index in [4.69, 9.17) is 5.26 Å². The molecule has 1 fully saturated rings. The van der Waals surface area contributed by atoms with E-state index in [1.165, 1.54) is 6.42 Å². The van der Waals surface area contributed by atoms with Crippen molar-refractivity contribution in [3.63, 3.8) is 0 Å². The van der Waals surface area contributed by atoms with Crippen LogP contribution in [0, 0.1) is 17.2 Å². The van der Waals surface area contributed by atoms with Crippen LogP contribution in [-0.2, 0) is 6.54 Å². The van der Waals surface area contributed by atoms with Gasteiger partial charge in [-0.05, 0) is 25.8 Å². The molecular weight excluding hydrogens is 200 g/mol. The van der Waals surface area contributed by atoms with Gasteiger partial charge in [-0.1, -0.05) is 6.42 Å². The van der Waals surface area contributed by atoms with Crippen molar-refractivity contribution in [2.75, 3.05) is 0 Å². The van der Waals surface area contributed by atoms with E-state index >= 15 is 0 Å². The molecule has 0 saturated heterocycles. The van der Waals surface area contributed by atoms with Crippen molar-refractivity contribution in [2.24, 2.45) is 5.92 Å². The standard InChI is InChI=1S/C12H18N4/c1-10(9-16-7-3-6-14-16)15-12-5-2-4-11(12)8-13/h3,6-7,10-12,15H,2,4-5,9H2,1H3. The summed E-state index contributed by atoms with van der Waals surface area (Å²) in [5.74, 6) is 0.195. The first kappa shape index (κ1) is 11.2. The molecule has 1 aromatic rings. The van der Waals surface area contributed by atoms with Gasteiger partial charge in [0.15, 0.2) is 0 Å². The maximum atomic E-state index is 9.00. The summed E-state index contributed by atoms with van der Waals surface area (Å²) in [5, 5.41) is 16.7. The van der Waals surface area contributed by atoms with Crippen LogP contribution in [0.2, 0.25) is 0 Å². The molecule has 0 aliphatic heterocycles. The molecule has 1 heterocycles. The zero-order chi connectivity index (χ0) is 11.4. The summed E-state index contributed by atoms with van der Waals surface area (Å²) in [4.78, 5) is 0. The van der Waals surface area contributed by atoms with Gasteiger partial charge in [0.25, 0.3) is 0 Å². The number of hydrogen-bond acceptors (Lipinski definition) is 3. The first-order valence-corrected chi connectivity index (χ1v) is 5.92. The van der Waals surface area contributed by atoms with E-state index in [-0.39, 0.29) is 5.92 Å². The number of nitriles is 1. The third-order valence-corrected chi connectivity index (χ3v) is 3.20. The fraction of sp³-hybridized carbons (Fsp3) is 0.667. The van der Waals surface area contributed by atoms with Crippen LogP contribution in [0.15, 0.2) is 18.5 Å². The van der Waals surface area contributed by atoms with E-state index in [9.17, 15) is 0 Å². The van der Waals surface area contributed by atoms with Crippen molar-refractivity contribution in [3.05, 3.63) is 18.5 Å². The summed E-state index contributed by atoms with van der Waals surface area (Å²) in [5.41, 5.74) is 0. The lowest BCUT2D eigenvalue weighted by Gasteiger charge is -2.21. The van der Waals surface area contributed by atoms with Gasteiger partial charge in [0.1, 0.15) is 0 Å². The minimum Gasteiger partial charge on any atom is -0.308 e. The Bertz CT molecular complexity index is 352. The predicted molar refractivity (Wildman–Crippen MR) is 61.6 cm³/mol. The first-order valence-electron chi connectivity index (χ1n) is 5.92. The van der Waals surface area contributed by atoms with Crippen LogP contribution >= 0.6 is 0 Å². The van der Waals surface area contributed by atoms with E-state index in [0.717, 1.165) is 19.4 Å². The van der Waals surface area contributed by atoms with E-state index in [2.05, 4.69) is 23.4 Å². The quantitative estimate of drug-likeness (QED) is 0.834. The number of hydrogen-bond donors (Lipinski definition) is 1. The summed E-state index contributed by atoms with van der Waals surface area (Å²) in [6.07, 6.45) is 7.10. The molecule has 0 spiro atoms. The lowest BCUT2D eigenvalue weighted by Crippen LogP contribution is -2.40. The fourth-order valence-corrected chi connectivity index (χ4v) is 2.42. The molecule has 0 bridgehead atoms. The highest BCUT2D eigenvalue weighted by Crippen LogP contribution is 2.25. The van der Waals surface area contributed by atoms with Gasteiger partial charge in [0, 0.05) is 24.5 Å². The van der Waals surface area contributed by atoms with Crippen LogP contribution in [-0.4, -0.2) is 21.9 Å². The first-order chi connectivity index (χ1) is 7.79. The summed E-state index contributed by atoms with van der Waals surface area (Å²) in [6, 6.07) is 5.06. The van der Waals surface area contributed by atoms with Gasteiger partial charge in [0.2, 0.25) is 0 Å². The molecule has 1 aliphatic rings. The number of rotatable bonds is 4. The van der Waals surface area contributed by atoms with E-state index in [0.29, 0.717) is 12.1 Å². The lowest BCUT2D eigenvalue weighted by atomic mass is 10.1. The largest absolute Gasteiger partial charge is 0.308 e. The van der Waals surface area contributed by atoms with Crippen LogP contribution in [0.5, 0.6) is 0 Å². The Hall–Kier alpha value is -1.34. The van der Waals surface area contributed by atoms with Gasteiger partial charge in [0.05, 0.1) is 18.5 Å². The molecule has 3 atom stereocenters. The zero-order valence-electron chi connectivity index (χ0n) is 9.63. The summed E-state index contributed by atoms with van der Waals surface area (Å²) >= 11 is 0. The Morgan fingerprint density at radius 1 is 1.62 bits per heavy atom. The van der Waals surface area contributed by atoms with Gasteiger partial charge in [-0.25, -0.2) is 0 Å². The Morgan fingerprint density at radius 2 is 2.50 bits per heavy atom. The molecule has 86 valence electrons. The lowest BCUT2D eigenvalue weighted by molar-refractivity contribution is 0.371. The predicted octanol–water partition coefficient (Wildman–Crippen LogP) is 1.55. The summed E-state index contributed by atoms with van der Waals surface area (Å²) in [6.45, 7) is 3.01. The molecule has 2 rings (SSSR count). The Labute approximate surface area is 96.3 Å². The molecule has 0 radical (unpaired) electrons. The van der Waals surface area contributed by atoms with Crippen molar-refractivity contribution in [2.45, 2.75) is 44.8 Å². The topological polar surface area (TPSA) is 53.6 Å². The summed E-state index contributed by atoms with van der Waals surface area (Å²) < 4.78 is 1.92. The maximum absolute atomic E-state index is 9.00. The minimum atomic E-state index is 0.195. The molecule has 16 heavy (non-hydrogen) atoms. The van der Waals surface area contributed by atoms with Gasteiger partial charge < -0.3 is 5.32 Å². The SMILES string of the molecule is CC(Cn1cccn1)NC1CCCC1C#N. The van der Waals surface area contributed by atoms with Crippen LogP contribution in [0.25, 0.3) is 0 Å². The van der Waals surface area contributed by atoms with Crippen LogP contribution < -0.4 is 5.32 Å². The second kappa shape index (κ2) is 5.13. The molecule has 1 saturated carbocycles.